The van der Waals surface area contributed by atoms with Gasteiger partial charge in [-0.05, 0) is 0 Å². The summed E-state index contributed by atoms with van der Waals surface area (Å²) < 4.78 is 52.9. The van der Waals surface area contributed by atoms with Crippen LogP contribution >= 0.6 is 0 Å². The van der Waals surface area contributed by atoms with Crippen molar-refractivity contribution in [3.8, 4) is 0 Å². The Morgan fingerprint density at radius 1 is 1.50 bits per heavy atom. The van der Waals surface area contributed by atoms with Crippen molar-refractivity contribution in [1.82, 2.24) is 5.32 Å². The number of alkyl halides is 4. The number of rotatable bonds is 7. The standard InChI is InChI=1S/C8H14F4N2O2/c1-16-5(3-13)2-6(15)14-4-8(11,12)7(9)10/h5,7H,2-4,13H2,1H3,(H,14,15). The van der Waals surface area contributed by atoms with Gasteiger partial charge in [0.2, 0.25) is 5.91 Å². The topological polar surface area (TPSA) is 64.3 Å². The van der Waals surface area contributed by atoms with E-state index in [1.54, 1.807) is 5.32 Å². The van der Waals surface area contributed by atoms with E-state index in [0.29, 0.717) is 0 Å². The normalized spacial score (nSPS) is 13.9. The lowest BCUT2D eigenvalue weighted by Gasteiger charge is -2.17. The first-order valence-electron chi connectivity index (χ1n) is 4.49. The van der Waals surface area contributed by atoms with Gasteiger partial charge in [-0.15, -0.1) is 0 Å². The van der Waals surface area contributed by atoms with Crippen LogP contribution in [0.25, 0.3) is 0 Å². The third-order valence-corrected chi connectivity index (χ3v) is 1.85. The monoisotopic (exact) mass is 246 g/mol. The van der Waals surface area contributed by atoms with Crippen LogP contribution in [0.1, 0.15) is 6.42 Å². The zero-order valence-corrected chi connectivity index (χ0v) is 8.68. The van der Waals surface area contributed by atoms with Gasteiger partial charge in [-0.2, -0.15) is 8.78 Å². The lowest BCUT2D eigenvalue weighted by atomic mass is 10.2. The van der Waals surface area contributed by atoms with E-state index in [-0.39, 0.29) is 13.0 Å². The largest absolute Gasteiger partial charge is 0.380 e. The van der Waals surface area contributed by atoms with Gasteiger partial charge in [-0.3, -0.25) is 4.79 Å². The predicted molar refractivity (Wildman–Crippen MR) is 48.4 cm³/mol. The van der Waals surface area contributed by atoms with Crippen molar-refractivity contribution in [3.05, 3.63) is 0 Å². The highest BCUT2D eigenvalue weighted by atomic mass is 19.3. The number of hydrogen-bond donors (Lipinski definition) is 2. The van der Waals surface area contributed by atoms with Crippen molar-refractivity contribution in [1.29, 1.82) is 0 Å². The second-order valence-corrected chi connectivity index (χ2v) is 3.14. The Bertz CT molecular complexity index is 222. The first-order chi connectivity index (χ1) is 7.33. The number of amides is 1. The van der Waals surface area contributed by atoms with Crippen LogP contribution in [0.4, 0.5) is 17.6 Å². The molecule has 0 spiro atoms. The van der Waals surface area contributed by atoms with E-state index in [2.05, 4.69) is 0 Å². The third-order valence-electron chi connectivity index (χ3n) is 1.85. The fourth-order valence-electron chi connectivity index (χ4n) is 0.835. The molecule has 1 amide bonds. The minimum Gasteiger partial charge on any atom is -0.380 e. The molecule has 0 fully saturated rings. The minimum atomic E-state index is -4.22. The molecule has 4 nitrogen and oxygen atoms in total. The van der Waals surface area contributed by atoms with Crippen LogP contribution in [-0.4, -0.2) is 44.6 Å². The number of carbonyl (C=O) groups is 1. The highest BCUT2D eigenvalue weighted by molar-refractivity contribution is 5.76. The van der Waals surface area contributed by atoms with Gasteiger partial charge >= 0.3 is 12.3 Å². The Balaban J connectivity index is 3.98. The molecule has 0 aliphatic heterocycles. The molecule has 8 heteroatoms. The lowest BCUT2D eigenvalue weighted by molar-refractivity contribution is -0.137. The van der Waals surface area contributed by atoms with Crippen LogP contribution in [-0.2, 0) is 9.53 Å². The number of methoxy groups -OCH3 is 1. The van der Waals surface area contributed by atoms with Gasteiger partial charge in [-0.1, -0.05) is 0 Å². The van der Waals surface area contributed by atoms with E-state index in [9.17, 15) is 22.4 Å². The summed E-state index contributed by atoms with van der Waals surface area (Å²) in [6.45, 7) is -1.36. The Morgan fingerprint density at radius 2 is 2.06 bits per heavy atom. The van der Waals surface area contributed by atoms with Crippen LogP contribution in [0.2, 0.25) is 0 Å². The van der Waals surface area contributed by atoms with Crippen molar-refractivity contribution in [2.75, 3.05) is 20.2 Å². The van der Waals surface area contributed by atoms with Crippen molar-refractivity contribution in [3.63, 3.8) is 0 Å². The molecule has 0 heterocycles. The van der Waals surface area contributed by atoms with E-state index >= 15 is 0 Å². The summed E-state index contributed by atoms with van der Waals surface area (Å²) in [5.74, 6) is -5.03. The number of nitrogens with two attached hydrogens (primary N) is 1. The van der Waals surface area contributed by atoms with Gasteiger partial charge in [0.15, 0.2) is 0 Å². The van der Waals surface area contributed by atoms with Crippen molar-refractivity contribution in [2.45, 2.75) is 24.9 Å². The molecule has 0 aromatic heterocycles. The second-order valence-electron chi connectivity index (χ2n) is 3.14. The van der Waals surface area contributed by atoms with Crippen LogP contribution in [0.3, 0.4) is 0 Å². The second kappa shape index (κ2) is 6.64. The molecule has 0 aromatic rings. The van der Waals surface area contributed by atoms with E-state index < -0.39 is 30.9 Å². The van der Waals surface area contributed by atoms with Gasteiger partial charge in [0.25, 0.3) is 0 Å². The van der Waals surface area contributed by atoms with E-state index in [0.717, 1.165) is 0 Å². The van der Waals surface area contributed by atoms with Crippen molar-refractivity contribution < 1.29 is 27.1 Å². The van der Waals surface area contributed by atoms with Crippen LogP contribution in [0.5, 0.6) is 0 Å². The molecule has 1 unspecified atom stereocenters. The zero-order valence-electron chi connectivity index (χ0n) is 8.68. The molecule has 0 aliphatic rings. The smallest absolute Gasteiger partial charge is 0.324 e. The number of halogens is 4. The highest BCUT2D eigenvalue weighted by Crippen LogP contribution is 2.21. The Labute approximate surface area is 90.1 Å². The molecular formula is C8H14F4N2O2. The van der Waals surface area contributed by atoms with Gasteiger partial charge in [-0.25, -0.2) is 8.78 Å². The summed E-state index contributed by atoms with van der Waals surface area (Å²) >= 11 is 0. The first-order valence-corrected chi connectivity index (χ1v) is 4.49. The van der Waals surface area contributed by atoms with Crippen LogP contribution < -0.4 is 11.1 Å². The molecule has 0 aromatic carbocycles. The molecule has 3 N–H and O–H groups in total. The van der Waals surface area contributed by atoms with Gasteiger partial charge in [0, 0.05) is 13.7 Å². The summed E-state index contributed by atoms with van der Waals surface area (Å²) in [6.07, 6.45) is -4.66. The average Bonchev–Trinajstić information content (AvgIpc) is 2.23. The maximum Gasteiger partial charge on any atom is 0.324 e. The quantitative estimate of drug-likeness (QED) is 0.638. The third kappa shape index (κ3) is 5.26. The number of ether oxygens (including phenoxy) is 1. The Morgan fingerprint density at radius 3 is 2.44 bits per heavy atom. The predicted octanol–water partition coefficient (Wildman–Crippen LogP) is 0.367. The molecule has 0 aliphatic carbocycles. The van der Waals surface area contributed by atoms with E-state index in [1.165, 1.54) is 7.11 Å². The zero-order chi connectivity index (χ0) is 12.8. The first kappa shape index (κ1) is 15.1. The molecule has 16 heavy (non-hydrogen) atoms. The molecule has 0 saturated carbocycles. The minimum absolute atomic E-state index is 0.0369. The average molecular weight is 246 g/mol. The number of carbonyl (C=O) groups excluding carboxylic acids is 1. The summed E-state index contributed by atoms with van der Waals surface area (Å²) in [5.41, 5.74) is 5.19. The Kier molecular flexibility index (Phi) is 6.27. The van der Waals surface area contributed by atoms with Gasteiger partial charge < -0.3 is 15.8 Å². The van der Waals surface area contributed by atoms with Crippen molar-refractivity contribution >= 4 is 5.91 Å². The van der Waals surface area contributed by atoms with Crippen LogP contribution in [0.15, 0.2) is 0 Å². The maximum atomic E-state index is 12.4. The molecular weight excluding hydrogens is 232 g/mol. The highest BCUT2D eigenvalue weighted by Gasteiger charge is 2.40. The summed E-state index contributed by atoms with van der Waals surface area (Å²) in [5, 5.41) is 1.70. The molecule has 0 saturated heterocycles. The van der Waals surface area contributed by atoms with Crippen molar-refractivity contribution in [2.24, 2.45) is 5.73 Å². The maximum absolute atomic E-state index is 12.4. The number of hydrogen-bond acceptors (Lipinski definition) is 3. The van der Waals surface area contributed by atoms with E-state index in [1.807, 2.05) is 0 Å². The molecule has 96 valence electrons. The molecule has 1 atom stereocenters. The number of nitrogens with one attached hydrogen (secondary N) is 1. The lowest BCUT2D eigenvalue weighted by Crippen LogP contribution is -2.42. The molecule has 0 radical (unpaired) electrons. The van der Waals surface area contributed by atoms with Crippen LogP contribution in [0, 0.1) is 0 Å². The molecule has 0 rings (SSSR count). The fraction of sp³-hybridized carbons (Fsp3) is 0.875. The summed E-state index contributed by atoms with van der Waals surface area (Å²) in [7, 11) is 1.30. The van der Waals surface area contributed by atoms with Gasteiger partial charge in [0.05, 0.1) is 19.1 Å². The SMILES string of the molecule is COC(CN)CC(=O)NCC(F)(F)C(F)F. The van der Waals surface area contributed by atoms with Gasteiger partial charge in [0.1, 0.15) is 0 Å². The fourth-order valence-corrected chi connectivity index (χ4v) is 0.835. The van der Waals surface area contributed by atoms with E-state index in [4.69, 9.17) is 10.5 Å². The molecule has 0 bridgehead atoms. The Hall–Kier alpha value is -0.890. The summed E-state index contributed by atoms with van der Waals surface area (Å²) in [4.78, 5) is 11.0. The summed E-state index contributed by atoms with van der Waals surface area (Å²) in [6, 6.07) is 0.